The number of piperidine rings is 1. The van der Waals surface area contributed by atoms with Gasteiger partial charge in [0.2, 0.25) is 0 Å². The highest BCUT2D eigenvalue weighted by Crippen LogP contribution is 2.36. The average Bonchev–Trinajstić information content (AvgIpc) is 3.31. The monoisotopic (exact) mass is 335 g/mol. The van der Waals surface area contributed by atoms with E-state index in [1.54, 1.807) is 5.06 Å². The predicted molar refractivity (Wildman–Crippen MR) is 84.9 cm³/mol. The standard InChI is InChI=1S/C17H25N3O4/c1-11-14(12(2)24-18-11)8-19-9-15(13-4-7-22-16(13)10-19)17(21)20-5-3-6-23-20/h13,15-16H,3-10H2,1-2H3/t13-,15-,16+/m1/s1. The van der Waals surface area contributed by atoms with E-state index >= 15 is 0 Å². The van der Waals surface area contributed by atoms with Crippen molar-refractivity contribution in [1.82, 2.24) is 15.1 Å². The molecule has 3 aliphatic heterocycles. The van der Waals surface area contributed by atoms with E-state index in [0.29, 0.717) is 19.1 Å². The van der Waals surface area contributed by atoms with Gasteiger partial charge in [0.1, 0.15) is 5.76 Å². The number of hydrogen-bond acceptors (Lipinski definition) is 6. The molecule has 4 heterocycles. The Labute approximate surface area is 141 Å². The van der Waals surface area contributed by atoms with E-state index in [4.69, 9.17) is 14.1 Å². The van der Waals surface area contributed by atoms with Gasteiger partial charge in [-0.3, -0.25) is 14.5 Å². The van der Waals surface area contributed by atoms with Crippen LogP contribution < -0.4 is 0 Å². The predicted octanol–water partition coefficient (Wildman–Crippen LogP) is 1.29. The van der Waals surface area contributed by atoms with Gasteiger partial charge in [0.15, 0.2) is 0 Å². The lowest BCUT2D eigenvalue weighted by molar-refractivity contribution is -0.179. The Hall–Kier alpha value is -1.44. The van der Waals surface area contributed by atoms with Crippen molar-refractivity contribution in [2.75, 3.05) is 32.8 Å². The number of fused-ring (bicyclic) bond motifs is 1. The van der Waals surface area contributed by atoms with Gasteiger partial charge in [-0.15, -0.1) is 0 Å². The Kier molecular flexibility index (Phi) is 4.32. The lowest BCUT2D eigenvalue weighted by Crippen LogP contribution is -2.52. The van der Waals surface area contributed by atoms with E-state index < -0.39 is 0 Å². The molecule has 132 valence electrons. The zero-order chi connectivity index (χ0) is 16.7. The number of rotatable bonds is 3. The molecule has 0 saturated carbocycles. The molecule has 0 spiro atoms. The highest BCUT2D eigenvalue weighted by molar-refractivity contribution is 5.79. The molecular weight excluding hydrogens is 310 g/mol. The third kappa shape index (κ3) is 2.85. The summed E-state index contributed by atoms with van der Waals surface area (Å²) in [5.41, 5.74) is 2.04. The van der Waals surface area contributed by atoms with Crippen LogP contribution in [-0.2, 0) is 20.9 Å². The molecule has 0 aromatic carbocycles. The maximum atomic E-state index is 12.9. The molecule has 1 amide bonds. The fourth-order valence-electron chi connectivity index (χ4n) is 4.20. The Morgan fingerprint density at radius 2 is 2.17 bits per heavy atom. The van der Waals surface area contributed by atoms with E-state index in [1.165, 1.54) is 0 Å². The van der Waals surface area contributed by atoms with Crippen LogP contribution in [0.2, 0.25) is 0 Å². The van der Waals surface area contributed by atoms with Crippen molar-refractivity contribution in [1.29, 1.82) is 0 Å². The molecule has 3 saturated heterocycles. The summed E-state index contributed by atoms with van der Waals surface area (Å²) in [6, 6.07) is 0. The number of hydrogen-bond donors (Lipinski definition) is 0. The molecular formula is C17H25N3O4. The van der Waals surface area contributed by atoms with Crippen LogP contribution in [0.5, 0.6) is 0 Å². The first-order chi connectivity index (χ1) is 11.6. The highest BCUT2D eigenvalue weighted by Gasteiger charge is 2.45. The smallest absolute Gasteiger partial charge is 0.250 e. The van der Waals surface area contributed by atoms with Crippen molar-refractivity contribution in [3.63, 3.8) is 0 Å². The van der Waals surface area contributed by atoms with Crippen LogP contribution in [0.15, 0.2) is 4.52 Å². The fraction of sp³-hybridized carbons (Fsp3) is 0.765. The van der Waals surface area contributed by atoms with Crippen LogP contribution >= 0.6 is 0 Å². The van der Waals surface area contributed by atoms with Crippen molar-refractivity contribution in [2.24, 2.45) is 11.8 Å². The molecule has 24 heavy (non-hydrogen) atoms. The van der Waals surface area contributed by atoms with Crippen molar-refractivity contribution < 1.29 is 18.9 Å². The number of ether oxygens (including phenoxy) is 1. The molecule has 4 rings (SSSR count). The molecule has 0 N–H and O–H groups in total. The van der Waals surface area contributed by atoms with E-state index in [-0.39, 0.29) is 17.9 Å². The molecule has 0 aliphatic carbocycles. The average molecular weight is 335 g/mol. The number of likely N-dealkylation sites (tertiary alicyclic amines) is 1. The summed E-state index contributed by atoms with van der Waals surface area (Å²) in [4.78, 5) is 20.7. The number of nitrogens with zero attached hydrogens (tertiary/aromatic N) is 3. The maximum absolute atomic E-state index is 12.9. The molecule has 3 atom stereocenters. The second kappa shape index (κ2) is 6.46. The van der Waals surface area contributed by atoms with Gasteiger partial charge in [0.25, 0.3) is 5.91 Å². The van der Waals surface area contributed by atoms with Crippen LogP contribution in [0.3, 0.4) is 0 Å². The van der Waals surface area contributed by atoms with Crippen LogP contribution in [0.1, 0.15) is 29.9 Å². The topological polar surface area (TPSA) is 68.0 Å². The van der Waals surface area contributed by atoms with Crippen LogP contribution in [-0.4, -0.2) is 60.0 Å². The normalized spacial score (nSPS) is 30.8. The van der Waals surface area contributed by atoms with Gasteiger partial charge in [-0.2, -0.15) is 0 Å². The Morgan fingerprint density at radius 1 is 1.29 bits per heavy atom. The number of aryl methyl sites for hydroxylation is 2. The molecule has 7 heteroatoms. The lowest BCUT2D eigenvalue weighted by atomic mass is 9.82. The summed E-state index contributed by atoms with van der Waals surface area (Å²) in [6.07, 6.45) is 2.02. The van der Waals surface area contributed by atoms with Crippen LogP contribution in [0.4, 0.5) is 0 Å². The van der Waals surface area contributed by atoms with Crippen molar-refractivity contribution in [3.8, 4) is 0 Å². The lowest BCUT2D eigenvalue weighted by Gasteiger charge is -2.40. The minimum absolute atomic E-state index is 0.0511. The van der Waals surface area contributed by atoms with E-state index in [0.717, 1.165) is 56.1 Å². The summed E-state index contributed by atoms with van der Waals surface area (Å²) in [7, 11) is 0. The van der Waals surface area contributed by atoms with Gasteiger partial charge in [-0.25, -0.2) is 5.06 Å². The molecule has 0 radical (unpaired) electrons. The van der Waals surface area contributed by atoms with Crippen molar-refractivity contribution in [2.45, 2.75) is 39.3 Å². The molecule has 1 aromatic rings. The second-order valence-electron chi connectivity index (χ2n) is 7.09. The van der Waals surface area contributed by atoms with E-state index in [1.807, 2.05) is 13.8 Å². The second-order valence-corrected chi connectivity index (χ2v) is 7.09. The summed E-state index contributed by atoms with van der Waals surface area (Å²) in [6.45, 7) is 8.35. The largest absolute Gasteiger partial charge is 0.377 e. The Balaban J connectivity index is 1.51. The molecule has 7 nitrogen and oxygen atoms in total. The van der Waals surface area contributed by atoms with Gasteiger partial charge >= 0.3 is 0 Å². The van der Waals surface area contributed by atoms with E-state index in [2.05, 4.69) is 10.1 Å². The first-order valence-electron chi connectivity index (χ1n) is 8.83. The molecule has 3 fully saturated rings. The molecule has 0 bridgehead atoms. The summed E-state index contributed by atoms with van der Waals surface area (Å²) in [5.74, 6) is 1.23. The number of carbonyl (C=O) groups is 1. The van der Waals surface area contributed by atoms with Gasteiger partial charge in [0, 0.05) is 37.7 Å². The van der Waals surface area contributed by atoms with E-state index in [9.17, 15) is 4.79 Å². The molecule has 3 aliphatic rings. The van der Waals surface area contributed by atoms with Gasteiger partial charge < -0.3 is 9.26 Å². The summed E-state index contributed by atoms with van der Waals surface area (Å²) in [5, 5.41) is 5.61. The third-order valence-electron chi connectivity index (χ3n) is 5.55. The SMILES string of the molecule is Cc1noc(C)c1CN1C[C@@H]2OCC[C@@H]2[C@H](C(=O)N2CCCO2)C1. The Bertz CT molecular complexity index is 591. The Morgan fingerprint density at radius 3 is 2.88 bits per heavy atom. The van der Waals surface area contributed by atoms with Crippen LogP contribution in [0.25, 0.3) is 0 Å². The van der Waals surface area contributed by atoms with Crippen LogP contribution in [0, 0.1) is 25.7 Å². The third-order valence-corrected chi connectivity index (χ3v) is 5.55. The minimum atomic E-state index is -0.0511. The summed E-state index contributed by atoms with van der Waals surface area (Å²) >= 11 is 0. The first-order valence-corrected chi connectivity index (χ1v) is 8.83. The van der Waals surface area contributed by atoms with Gasteiger partial charge in [0.05, 0.1) is 30.9 Å². The number of hydroxylamine groups is 2. The zero-order valence-electron chi connectivity index (χ0n) is 14.4. The van der Waals surface area contributed by atoms with Gasteiger partial charge in [-0.05, 0) is 26.7 Å². The quantitative estimate of drug-likeness (QED) is 0.829. The number of aromatic nitrogens is 1. The molecule has 1 aromatic heterocycles. The first kappa shape index (κ1) is 16.1. The zero-order valence-corrected chi connectivity index (χ0v) is 14.4. The number of carbonyl (C=O) groups excluding carboxylic acids is 1. The van der Waals surface area contributed by atoms with Crippen molar-refractivity contribution >= 4 is 5.91 Å². The van der Waals surface area contributed by atoms with Gasteiger partial charge in [-0.1, -0.05) is 5.16 Å². The number of amides is 1. The minimum Gasteiger partial charge on any atom is -0.377 e. The van der Waals surface area contributed by atoms with Crippen molar-refractivity contribution in [3.05, 3.63) is 17.0 Å². The fourth-order valence-corrected chi connectivity index (χ4v) is 4.20. The molecule has 0 unspecified atom stereocenters. The highest BCUT2D eigenvalue weighted by atomic mass is 16.7. The maximum Gasteiger partial charge on any atom is 0.250 e. The summed E-state index contributed by atoms with van der Waals surface area (Å²) < 4.78 is 11.2.